The quantitative estimate of drug-likeness (QED) is 0.759. The van der Waals surface area contributed by atoms with E-state index in [2.05, 4.69) is 10.6 Å². The highest BCUT2D eigenvalue weighted by Gasteiger charge is 2.17. The van der Waals surface area contributed by atoms with Crippen LogP contribution in [0.1, 0.15) is 40.0 Å². The van der Waals surface area contributed by atoms with Gasteiger partial charge in [-0.15, -0.1) is 0 Å². The molecule has 0 bridgehead atoms. The molecule has 0 aliphatic heterocycles. The van der Waals surface area contributed by atoms with Crippen molar-refractivity contribution in [1.82, 2.24) is 0 Å². The molecular weight excluding hydrogens is 284 g/mol. The van der Waals surface area contributed by atoms with Gasteiger partial charge in [0.1, 0.15) is 0 Å². The Morgan fingerprint density at radius 2 is 1.64 bits per heavy atom. The molecule has 0 radical (unpaired) electrons. The summed E-state index contributed by atoms with van der Waals surface area (Å²) in [6.07, 6.45) is 1.12. The van der Waals surface area contributed by atoms with Crippen LogP contribution in [0.15, 0.2) is 24.3 Å². The van der Waals surface area contributed by atoms with Gasteiger partial charge in [-0.2, -0.15) is 0 Å². The Labute approximate surface area is 130 Å². The minimum absolute atomic E-state index is 0.163. The van der Waals surface area contributed by atoms with Gasteiger partial charge in [0.15, 0.2) is 6.10 Å². The van der Waals surface area contributed by atoms with Gasteiger partial charge in [-0.05, 0) is 37.6 Å². The van der Waals surface area contributed by atoms with Crippen molar-refractivity contribution >= 4 is 29.2 Å². The fraction of sp³-hybridized carbons (Fsp3) is 0.438. The highest BCUT2D eigenvalue weighted by Crippen LogP contribution is 2.14. The summed E-state index contributed by atoms with van der Waals surface area (Å²) in [5.74, 6) is -0.924. The molecule has 0 aliphatic rings. The monoisotopic (exact) mass is 306 g/mol. The minimum Gasteiger partial charge on any atom is -0.453 e. The Balaban J connectivity index is 2.49. The molecule has 0 saturated heterocycles. The number of carbonyl (C=O) groups is 3. The summed E-state index contributed by atoms with van der Waals surface area (Å²) >= 11 is 0. The van der Waals surface area contributed by atoms with Crippen molar-refractivity contribution in [3.05, 3.63) is 24.3 Å². The lowest BCUT2D eigenvalue weighted by Gasteiger charge is -2.13. The van der Waals surface area contributed by atoms with Gasteiger partial charge < -0.3 is 15.4 Å². The summed E-state index contributed by atoms with van der Waals surface area (Å²) in [5, 5.41) is 5.29. The molecule has 0 unspecified atom stereocenters. The number of nitrogens with one attached hydrogen (secondary N) is 2. The second-order valence-electron chi connectivity index (χ2n) is 4.98. The molecule has 0 aliphatic carbocycles. The summed E-state index contributed by atoms with van der Waals surface area (Å²) in [7, 11) is 0. The molecule has 1 rings (SSSR count). The summed E-state index contributed by atoms with van der Waals surface area (Å²) in [4.78, 5) is 34.3. The molecule has 1 atom stereocenters. The molecule has 0 aromatic heterocycles. The van der Waals surface area contributed by atoms with Crippen molar-refractivity contribution in [3.8, 4) is 0 Å². The van der Waals surface area contributed by atoms with Crippen LogP contribution >= 0.6 is 0 Å². The molecule has 2 amide bonds. The zero-order chi connectivity index (χ0) is 16.5. The third-order valence-electron chi connectivity index (χ3n) is 2.88. The molecule has 6 nitrogen and oxygen atoms in total. The van der Waals surface area contributed by atoms with Gasteiger partial charge in [-0.3, -0.25) is 14.4 Å². The predicted molar refractivity (Wildman–Crippen MR) is 84.5 cm³/mol. The number of amides is 2. The zero-order valence-corrected chi connectivity index (χ0v) is 13.1. The Bertz CT molecular complexity index is 525. The van der Waals surface area contributed by atoms with Crippen LogP contribution in [0.5, 0.6) is 0 Å². The van der Waals surface area contributed by atoms with E-state index in [1.165, 1.54) is 13.8 Å². The number of esters is 1. The number of benzene rings is 1. The van der Waals surface area contributed by atoms with E-state index >= 15 is 0 Å². The number of unbranched alkanes of at least 4 members (excludes halogenated alkanes) is 1. The lowest BCUT2D eigenvalue weighted by atomic mass is 10.2. The molecule has 0 saturated carbocycles. The second-order valence-corrected chi connectivity index (χ2v) is 4.98. The molecule has 1 aromatic carbocycles. The van der Waals surface area contributed by atoms with Crippen molar-refractivity contribution in [3.63, 3.8) is 0 Å². The van der Waals surface area contributed by atoms with Crippen molar-refractivity contribution < 1.29 is 19.1 Å². The molecule has 22 heavy (non-hydrogen) atoms. The average molecular weight is 306 g/mol. The second kappa shape index (κ2) is 8.81. The van der Waals surface area contributed by atoms with E-state index in [1.54, 1.807) is 24.3 Å². The van der Waals surface area contributed by atoms with Gasteiger partial charge in [-0.25, -0.2) is 0 Å². The SMILES string of the molecule is CCCCC(=O)O[C@H](C)C(=O)Nc1ccc(NC(C)=O)cc1. The summed E-state index contributed by atoms with van der Waals surface area (Å²) in [5.41, 5.74) is 1.21. The fourth-order valence-electron chi connectivity index (χ4n) is 1.71. The normalized spacial score (nSPS) is 11.4. The molecule has 0 spiro atoms. The minimum atomic E-state index is -0.848. The smallest absolute Gasteiger partial charge is 0.306 e. The van der Waals surface area contributed by atoms with Crippen LogP contribution in [0, 0.1) is 0 Å². The molecule has 120 valence electrons. The van der Waals surface area contributed by atoms with Crippen molar-refractivity contribution in [2.75, 3.05) is 10.6 Å². The number of ether oxygens (including phenoxy) is 1. The van der Waals surface area contributed by atoms with Crippen LogP contribution < -0.4 is 10.6 Å². The van der Waals surface area contributed by atoms with E-state index in [-0.39, 0.29) is 11.9 Å². The van der Waals surface area contributed by atoms with Gasteiger partial charge in [0.05, 0.1) is 0 Å². The Hall–Kier alpha value is -2.37. The van der Waals surface area contributed by atoms with Crippen LogP contribution in [0.3, 0.4) is 0 Å². The van der Waals surface area contributed by atoms with Crippen LogP contribution in [-0.4, -0.2) is 23.9 Å². The molecule has 1 aromatic rings. The van der Waals surface area contributed by atoms with Gasteiger partial charge in [0.2, 0.25) is 5.91 Å². The Morgan fingerprint density at radius 1 is 1.09 bits per heavy atom. The Morgan fingerprint density at radius 3 is 2.14 bits per heavy atom. The summed E-state index contributed by atoms with van der Waals surface area (Å²) in [6.45, 7) is 4.93. The molecule has 6 heteroatoms. The van der Waals surface area contributed by atoms with Gasteiger partial charge >= 0.3 is 5.97 Å². The maximum atomic E-state index is 11.9. The average Bonchev–Trinajstić information content (AvgIpc) is 2.46. The molecular formula is C16H22N2O4. The van der Waals surface area contributed by atoms with Crippen molar-refractivity contribution in [2.24, 2.45) is 0 Å². The van der Waals surface area contributed by atoms with Crippen LogP contribution in [-0.2, 0) is 19.1 Å². The van der Waals surface area contributed by atoms with Gasteiger partial charge in [0.25, 0.3) is 5.91 Å². The highest BCUT2D eigenvalue weighted by atomic mass is 16.5. The summed E-state index contributed by atoms with van der Waals surface area (Å²) in [6, 6.07) is 6.67. The largest absolute Gasteiger partial charge is 0.453 e. The van der Waals surface area contributed by atoms with Gasteiger partial charge in [0, 0.05) is 24.7 Å². The number of hydrogen-bond donors (Lipinski definition) is 2. The first kappa shape index (κ1) is 17.7. The third-order valence-corrected chi connectivity index (χ3v) is 2.88. The van der Waals surface area contributed by atoms with E-state index in [0.717, 1.165) is 12.8 Å². The van der Waals surface area contributed by atoms with Crippen molar-refractivity contribution in [1.29, 1.82) is 0 Å². The lowest BCUT2D eigenvalue weighted by Crippen LogP contribution is -2.29. The van der Waals surface area contributed by atoms with Crippen LogP contribution in [0.4, 0.5) is 11.4 Å². The zero-order valence-electron chi connectivity index (χ0n) is 13.1. The molecule has 2 N–H and O–H groups in total. The van der Waals surface area contributed by atoms with E-state index < -0.39 is 12.0 Å². The van der Waals surface area contributed by atoms with Crippen molar-refractivity contribution in [2.45, 2.75) is 46.1 Å². The van der Waals surface area contributed by atoms with E-state index in [4.69, 9.17) is 4.74 Å². The summed E-state index contributed by atoms with van der Waals surface area (Å²) < 4.78 is 5.05. The highest BCUT2D eigenvalue weighted by molar-refractivity contribution is 5.95. The first-order chi connectivity index (χ1) is 10.4. The van der Waals surface area contributed by atoms with Gasteiger partial charge in [-0.1, -0.05) is 13.3 Å². The van der Waals surface area contributed by atoms with Crippen LogP contribution in [0.2, 0.25) is 0 Å². The fourth-order valence-corrected chi connectivity index (χ4v) is 1.71. The maximum Gasteiger partial charge on any atom is 0.306 e. The first-order valence-electron chi connectivity index (χ1n) is 7.30. The number of carbonyl (C=O) groups excluding carboxylic acids is 3. The molecule has 0 heterocycles. The topological polar surface area (TPSA) is 84.5 Å². The predicted octanol–water partition coefficient (Wildman–Crippen LogP) is 2.71. The Kier molecular flexibility index (Phi) is 7.08. The third kappa shape index (κ3) is 6.39. The van der Waals surface area contributed by atoms with E-state index in [0.29, 0.717) is 17.8 Å². The van der Waals surface area contributed by atoms with E-state index in [1.807, 2.05) is 6.92 Å². The number of rotatable bonds is 7. The lowest BCUT2D eigenvalue weighted by molar-refractivity contribution is -0.153. The van der Waals surface area contributed by atoms with E-state index in [9.17, 15) is 14.4 Å². The number of anilines is 2. The standard InChI is InChI=1S/C16H22N2O4/c1-4-5-6-15(20)22-11(2)16(21)18-14-9-7-13(8-10-14)17-12(3)19/h7-11H,4-6H2,1-3H3,(H,17,19)(H,18,21)/t11-/m1/s1. The molecule has 0 fully saturated rings. The number of hydrogen-bond acceptors (Lipinski definition) is 4. The first-order valence-corrected chi connectivity index (χ1v) is 7.30. The maximum absolute atomic E-state index is 11.9. The van der Waals surface area contributed by atoms with Crippen LogP contribution in [0.25, 0.3) is 0 Å².